The first-order valence-corrected chi connectivity index (χ1v) is 9.80. The first-order chi connectivity index (χ1) is 13.8. The molecule has 0 bridgehead atoms. The van der Waals surface area contributed by atoms with E-state index in [-0.39, 0.29) is 18.7 Å². The molecule has 0 aliphatic rings. The van der Waals surface area contributed by atoms with E-state index in [2.05, 4.69) is 26.6 Å². The molecule has 0 heterocycles. The molecule has 2 N–H and O–H groups in total. The van der Waals surface area contributed by atoms with E-state index in [1.165, 1.54) is 13.2 Å². The Labute approximate surface area is 181 Å². The number of carbonyl (C=O) groups excluding carboxylic acids is 3. The van der Waals surface area contributed by atoms with E-state index in [9.17, 15) is 14.4 Å². The van der Waals surface area contributed by atoms with Gasteiger partial charge in [0.15, 0.2) is 6.61 Å². The summed E-state index contributed by atoms with van der Waals surface area (Å²) >= 11 is 9.25. The molecule has 29 heavy (non-hydrogen) atoms. The Hall–Kier alpha value is -2.58. The average molecular weight is 484 g/mol. The summed E-state index contributed by atoms with van der Waals surface area (Å²) in [4.78, 5) is 35.8. The van der Waals surface area contributed by atoms with Gasteiger partial charge in [-0.1, -0.05) is 27.5 Å². The minimum absolute atomic E-state index is 0.0575. The van der Waals surface area contributed by atoms with Crippen LogP contribution < -0.4 is 15.4 Å². The number of hydrogen-bond donors (Lipinski definition) is 2. The smallest absolute Gasteiger partial charge is 0.306 e. The first-order valence-electron chi connectivity index (χ1n) is 8.63. The molecular formula is C20H20BrClN2O5. The lowest BCUT2D eigenvalue weighted by Gasteiger charge is -2.11. The van der Waals surface area contributed by atoms with Crippen molar-refractivity contribution in [2.24, 2.45) is 0 Å². The van der Waals surface area contributed by atoms with E-state index in [4.69, 9.17) is 21.1 Å². The van der Waals surface area contributed by atoms with E-state index in [1.54, 1.807) is 18.2 Å². The van der Waals surface area contributed by atoms with E-state index in [0.29, 0.717) is 22.1 Å². The average Bonchev–Trinajstić information content (AvgIpc) is 2.67. The number of carbonyl (C=O) groups is 3. The highest BCUT2D eigenvalue weighted by atomic mass is 79.9. The van der Waals surface area contributed by atoms with Crippen molar-refractivity contribution in [3.8, 4) is 5.75 Å². The lowest BCUT2D eigenvalue weighted by atomic mass is 10.2. The predicted octanol–water partition coefficient (Wildman–Crippen LogP) is 4.32. The molecule has 2 amide bonds. The molecule has 154 valence electrons. The van der Waals surface area contributed by atoms with Crippen LogP contribution in [0, 0.1) is 6.92 Å². The summed E-state index contributed by atoms with van der Waals surface area (Å²) in [5, 5.41) is 5.71. The molecule has 2 rings (SSSR count). The molecule has 0 radical (unpaired) electrons. The van der Waals surface area contributed by atoms with E-state index in [0.717, 1.165) is 10.0 Å². The van der Waals surface area contributed by atoms with Gasteiger partial charge in [0.2, 0.25) is 5.91 Å². The van der Waals surface area contributed by atoms with Gasteiger partial charge in [-0.15, -0.1) is 0 Å². The summed E-state index contributed by atoms with van der Waals surface area (Å²) in [6.07, 6.45) is -0.201. The Morgan fingerprint density at radius 2 is 1.72 bits per heavy atom. The summed E-state index contributed by atoms with van der Waals surface area (Å²) in [5.74, 6) is -1.09. The third kappa shape index (κ3) is 7.40. The maximum atomic E-state index is 12.0. The van der Waals surface area contributed by atoms with Crippen molar-refractivity contribution in [2.45, 2.75) is 19.8 Å². The fourth-order valence-corrected chi connectivity index (χ4v) is 3.03. The van der Waals surface area contributed by atoms with Crippen LogP contribution >= 0.6 is 27.5 Å². The molecule has 7 nitrogen and oxygen atoms in total. The number of nitrogens with one attached hydrogen (secondary N) is 2. The van der Waals surface area contributed by atoms with Crippen molar-refractivity contribution < 1.29 is 23.9 Å². The Morgan fingerprint density at radius 1 is 1.00 bits per heavy atom. The molecule has 0 saturated carbocycles. The number of esters is 1. The second-order valence-corrected chi connectivity index (χ2v) is 7.41. The van der Waals surface area contributed by atoms with Gasteiger partial charge in [0.1, 0.15) is 5.75 Å². The van der Waals surface area contributed by atoms with Gasteiger partial charge < -0.3 is 20.1 Å². The van der Waals surface area contributed by atoms with Crippen molar-refractivity contribution >= 4 is 56.7 Å². The number of hydrogen-bond acceptors (Lipinski definition) is 5. The minimum atomic E-state index is -0.652. The van der Waals surface area contributed by atoms with Gasteiger partial charge in [-0.3, -0.25) is 14.4 Å². The second-order valence-electron chi connectivity index (χ2n) is 6.06. The van der Waals surface area contributed by atoms with Crippen LogP contribution in [0.5, 0.6) is 5.75 Å². The van der Waals surface area contributed by atoms with Crippen LogP contribution in [-0.2, 0) is 19.1 Å². The van der Waals surface area contributed by atoms with Crippen LogP contribution in [0.1, 0.15) is 18.4 Å². The third-order valence-electron chi connectivity index (χ3n) is 3.82. The molecule has 2 aromatic rings. The summed E-state index contributed by atoms with van der Waals surface area (Å²) in [5.41, 5.74) is 1.93. The SMILES string of the molecule is COc1ccc(Cl)cc1NC(=O)COC(=O)CCC(=O)Nc1ccc(Br)cc1C. The standard InChI is InChI=1S/C20H20BrClN2O5/c1-12-9-13(21)3-5-15(12)23-18(25)7-8-20(27)29-11-19(26)24-16-10-14(22)4-6-17(16)28-2/h3-6,9-10H,7-8,11H2,1-2H3,(H,23,25)(H,24,26). The highest BCUT2D eigenvalue weighted by Gasteiger charge is 2.13. The van der Waals surface area contributed by atoms with Crippen LogP contribution in [0.2, 0.25) is 5.02 Å². The number of benzene rings is 2. The molecule has 2 aromatic carbocycles. The largest absolute Gasteiger partial charge is 0.495 e. The van der Waals surface area contributed by atoms with Crippen LogP contribution in [-0.4, -0.2) is 31.5 Å². The van der Waals surface area contributed by atoms with E-state index >= 15 is 0 Å². The van der Waals surface area contributed by atoms with Gasteiger partial charge in [-0.2, -0.15) is 0 Å². The fourth-order valence-electron chi connectivity index (χ4n) is 2.38. The molecule has 0 spiro atoms. The number of amides is 2. The number of methoxy groups -OCH3 is 1. The Kier molecular flexibility index (Phi) is 8.48. The van der Waals surface area contributed by atoms with Gasteiger partial charge in [-0.25, -0.2) is 0 Å². The quantitative estimate of drug-likeness (QED) is 0.545. The van der Waals surface area contributed by atoms with Crippen LogP contribution in [0.25, 0.3) is 0 Å². The second kappa shape index (κ2) is 10.8. The molecular weight excluding hydrogens is 464 g/mol. The number of anilines is 2. The van der Waals surface area contributed by atoms with E-state index < -0.39 is 18.5 Å². The van der Waals surface area contributed by atoms with Gasteiger partial charge in [0, 0.05) is 21.6 Å². The molecule has 0 atom stereocenters. The van der Waals surface area contributed by atoms with Crippen LogP contribution in [0.3, 0.4) is 0 Å². The van der Waals surface area contributed by atoms with Gasteiger partial charge >= 0.3 is 5.97 Å². The van der Waals surface area contributed by atoms with Crippen molar-refractivity contribution in [3.05, 3.63) is 51.5 Å². The molecule has 9 heteroatoms. The summed E-state index contributed by atoms with van der Waals surface area (Å²) in [7, 11) is 1.46. The normalized spacial score (nSPS) is 10.2. The number of halogens is 2. The molecule has 0 aromatic heterocycles. The number of aryl methyl sites for hydroxylation is 1. The molecule has 0 unspecified atom stereocenters. The lowest BCUT2D eigenvalue weighted by molar-refractivity contribution is -0.147. The zero-order valence-corrected chi connectivity index (χ0v) is 18.2. The Bertz CT molecular complexity index is 920. The van der Waals surface area contributed by atoms with Crippen LogP contribution in [0.15, 0.2) is 40.9 Å². The fraction of sp³-hybridized carbons (Fsp3) is 0.250. The van der Waals surface area contributed by atoms with Crippen molar-refractivity contribution in [1.82, 2.24) is 0 Å². The summed E-state index contributed by atoms with van der Waals surface area (Å²) in [6.45, 7) is 1.38. The van der Waals surface area contributed by atoms with Gasteiger partial charge in [0.05, 0.1) is 19.2 Å². The van der Waals surface area contributed by atoms with Crippen molar-refractivity contribution in [1.29, 1.82) is 0 Å². The van der Waals surface area contributed by atoms with E-state index in [1.807, 2.05) is 19.1 Å². The first kappa shape index (κ1) is 22.7. The highest BCUT2D eigenvalue weighted by Crippen LogP contribution is 2.27. The molecule has 0 fully saturated rings. The van der Waals surface area contributed by atoms with Gasteiger partial charge in [0.25, 0.3) is 5.91 Å². The zero-order valence-electron chi connectivity index (χ0n) is 15.9. The molecule has 0 aliphatic carbocycles. The maximum Gasteiger partial charge on any atom is 0.306 e. The monoisotopic (exact) mass is 482 g/mol. The number of rotatable bonds is 8. The summed E-state index contributed by atoms with van der Waals surface area (Å²) in [6, 6.07) is 10.2. The Balaban J connectivity index is 1.76. The molecule has 0 saturated heterocycles. The summed E-state index contributed by atoms with van der Waals surface area (Å²) < 4.78 is 10.9. The predicted molar refractivity (Wildman–Crippen MR) is 114 cm³/mol. The highest BCUT2D eigenvalue weighted by molar-refractivity contribution is 9.10. The number of ether oxygens (including phenoxy) is 2. The maximum absolute atomic E-state index is 12.0. The van der Waals surface area contributed by atoms with Crippen molar-refractivity contribution in [3.63, 3.8) is 0 Å². The molecule has 0 aliphatic heterocycles. The van der Waals surface area contributed by atoms with Crippen molar-refractivity contribution in [2.75, 3.05) is 24.4 Å². The zero-order chi connectivity index (χ0) is 21.4. The van der Waals surface area contributed by atoms with Gasteiger partial charge in [-0.05, 0) is 48.9 Å². The topological polar surface area (TPSA) is 93.7 Å². The lowest BCUT2D eigenvalue weighted by Crippen LogP contribution is -2.22. The van der Waals surface area contributed by atoms with Crippen LogP contribution in [0.4, 0.5) is 11.4 Å². The Morgan fingerprint density at radius 3 is 2.41 bits per heavy atom. The minimum Gasteiger partial charge on any atom is -0.495 e. The third-order valence-corrected chi connectivity index (χ3v) is 4.55.